The van der Waals surface area contributed by atoms with Crippen molar-refractivity contribution in [2.24, 2.45) is 0 Å². The van der Waals surface area contributed by atoms with Crippen LogP contribution in [-0.2, 0) is 4.74 Å². The molecule has 2 fully saturated rings. The lowest BCUT2D eigenvalue weighted by Gasteiger charge is -2.36. The fourth-order valence-electron chi connectivity index (χ4n) is 2.37. The van der Waals surface area contributed by atoms with E-state index in [0.717, 1.165) is 52.2 Å². The van der Waals surface area contributed by atoms with Gasteiger partial charge in [-0.2, -0.15) is 0 Å². The molecule has 0 aliphatic carbocycles. The Bertz CT molecular complexity index is 193. The largest absolute Gasteiger partial charge is 0.393 e. The van der Waals surface area contributed by atoms with E-state index in [4.69, 9.17) is 4.74 Å². The fourth-order valence-corrected chi connectivity index (χ4v) is 2.37. The number of piperidine rings is 1. The van der Waals surface area contributed by atoms with Gasteiger partial charge in [0.15, 0.2) is 0 Å². The molecule has 0 amide bonds. The van der Waals surface area contributed by atoms with Crippen molar-refractivity contribution in [1.82, 2.24) is 9.80 Å². The zero-order valence-corrected chi connectivity index (χ0v) is 9.56. The van der Waals surface area contributed by atoms with E-state index in [9.17, 15) is 5.11 Å². The van der Waals surface area contributed by atoms with Crippen molar-refractivity contribution in [3.63, 3.8) is 0 Å². The highest BCUT2D eigenvalue weighted by Crippen LogP contribution is 2.12. The maximum atomic E-state index is 9.41. The molecule has 2 heterocycles. The predicted octanol–water partition coefficient (Wildman–Crippen LogP) is -0.226. The van der Waals surface area contributed by atoms with E-state index in [0.29, 0.717) is 6.10 Å². The molecular weight excluding hydrogens is 192 g/mol. The van der Waals surface area contributed by atoms with E-state index in [-0.39, 0.29) is 6.10 Å². The zero-order valence-electron chi connectivity index (χ0n) is 9.56. The first kappa shape index (κ1) is 11.3. The van der Waals surface area contributed by atoms with Crippen LogP contribution in [0, 0.1) is 0 Å². The maximum absolute atomic E-state index is 9.41. The fraction of sp³-hybridized carbons (Fsp3) is 1.00. The molecule has 88 valence electrons. The molecule has 0 aromatic rings. The number of aliphatic hydroxyl groups excluding tert-OH is 1. The summed E-state index contributed by atoms with van der Waals surface area (Å²) in [7, 11) is 2.15. The Balaban J connectivity index is 1.71. The molecule has 0 saturated carbocycles. The Morgan fingerprint density at radius 3 is 2.67 bits per heavy atom. The van der Waals surface area contributed by atoms with Gasteiger partial charge >= 0.3 is 0 Å². The van der Waals surface area contributed by atoms with Crippen LogP contribution in [0.15, 0.2) is 0 Å². The number of likely N-dealkylation sites (tertiary alicyclic amines) is 1. The average molecular weight is 214 g/mol. The van der Waals surface area contributed by atoms with Crippen LogP contribution in [0.4, 0.5) is 0 Å². The summed E-state index contributed by atoms with van der Waals surface area (Å²) in [6.45, 7) is 6.01. The Morgan fingerprint density at radius 2 is 2.00 bits per heavy atom. The van der Waals surface area contributed by atoms with Crippen molar-refractivity contribution >= 4 is 0 Å². The quantitative estimate of drug-likeness (QED) is 0.689. The first-order valence-corrected chi connectivity index (χ1v) is 5.94. The highest BCUT2D eigenvalue weighted by molar-refractivity contribution is 4.77. The summed E-state index contributed by atoms with van der Waals surface area (Å²) >= 11 is 0. The van der Waals surface area contributed by atoms with Gasteiger partial charge in [0.25, 0.3) is 0 Å². The Hall–Kier alpha value is -0.160. The Labute approximate surface area is 91.8 Å². The van der Waals surface area contributed by atoms with E-state index in [1.54, 1.807) is 0 Å². The monoisotopic (exact) mass is 214 g/mol. The van der Waals surface area contributed by atoms with Gasteiger partial charge in [-0.1, -0.05) is 0 Å². The lowest BCUT2D eigenvalue weighted by Crippen LogP contribution is -2.48. The van der Waals surface area contributed by atoms with Crippen molar-refractivity contribution in [2.45, 2.75) is 25.0 Å². The third-order valence-corrected chi connectivity index (χ3v) is 3.36. The van der Waals surface area contributed by atoms with Gasteiger partial charge < -0.3 is 19.6 Å². The van der Waals surface area contributed by atoms with Crippen molar-refractivity contribution < 1.29 is 9.84 Å². The van der Waals surface area contributed by atoms with Crippen LogP contribution in [-0.4, -0.2) is 73.5 Å². The second-order valence-electron chi connectivity index (χ2n) is 4.79. The third kappa shape index (κ3) is 3.41. The van der Waals surface area contributed by atoms with Gasteiger partial charge in [0.05, 0.1) is 18.8 Å². The van der Waals surface area contributed by atoms with Crippen LogP contribution < -0.4 is 0 Å². The summed E-state index contributed by atoms with van der Waals surface area (Å²) in [5.74, 6) is 0. The number of nitrogens with zero attached hydrogens (tertiary/aromatic N) is 2. The van der Waals surface area contributed by atoms with Gasteiger partial charge in [0.2, 0.25) is 0 Å². The van der Waals surface area contributed by atoms with Crippen molar-refractivity contribution in [3.05, 3.63) is 0 Å². The third-order valence-electron chi connectivity index (χ3n) is 3.36. The average Bonchev–Trinajstić information content (AvgIpc) is 2.22. The van der Waals surface area contributed by atoms with E-state index in [1.165, 1.54) is 0 Å². The molecule has 0 aromatic carbocycles. The van der Waals surface area contributed by atoms with Crippen molar-refractivity contribution in [1.29, 1.82) is 0 Å². The first-order valence-electron chi connectivity index (χ1n) is 5.94. The second kappa shape index (κ2) is 5.25. The summed E-state index contributed by atoms with van der Waals surface area (Å²) in [6.07, 6.45) is 2.13. The molecule has 2 saturated heterocycles. The van der Waals surface area contributed by atoms with E-state index in [1.807, 2.05) is 0 Å². The first-order chi connectivity index (χ1) is 7.24. The molecule has 0 aromatic heterocycles. The molecule has 1 unspecified atom stereocenters. The normalized spacial score (nSPS) is 32.0. The van der Waals surface area contributed by atoms with Gasteiger partial charge in [0, 0.05) is 32.7 Å². The number of hydrogen-bond donors (Lipinski definition) is 1. The molecule has 4 heteroatoms. The SMILES string of the molecule is CN1CCOC(CN2CCC(O)CC2)C1. The van der Waals surface area contributed by atoms with Gasteiger partial charge in [-0.3, -0.25) is 0 Å². The van der Waals surface area contributed by atoms with Gasteiger partial charge in [0.1, 0.15) is 0 Å². The predicted molar refractivity (Wildman–Crippen MR) is 58.9 cm³/mol. The topological polar surface area (TPSA) is 35.9 Å². The summed E-state index contributed by atoms with van der Waals surface area (Å²) in [5.41, 5.74) is 0. The van der Waals surface area contributed by atoms with Crippen LogP contribution in [0.3, 0.4) is 0 Å². The lowest BCUT2D eigenvalue weighted by atomic mass is 10.1. The molecule has 15 heavy (non-hydrogen) atoms. The van der Waals surface area contributed by atoms with Crippen LogP contribution in [0.1, 0.15) is 12.8 Å². The smallest absolute Gasteiger partial charge is 0.0829 e. The summed E-state index contributed by atoms with van der Waals surface area (Å²) in [6, 6.07) is 0. The molecule has 2 rings (SSSR count). The Kier molecular flexibility index (Phi) is 3.97. The minimum Gasteiger partial charge on any atom is -0.393 e. The van der Waals surface area contributed by atoms with E-state index >= 15 is 0 Å². The van der Waals surface area contributed by atoms with Crippen LogP contribution in [0.2, 0.25) is 0 Å². The van der Waals surface area contributed by atoms with Crippen LogP contribution in [0.5, 0.6) is 0 Å². The zero-order chi connectivity index (χ0) is 10.7. The highest BCUT2D eigenvalue weighted by atomic mass is 16.5. The molecule has 0 bridgehead atoms. The second-order valence-corrected chi connectivity index (χ2v) is 4.79. The Morgan fingerprint density at radius 1 is 1.27 bits per heavy atom. The number of rotatable bonds is 2. The minimum atomic E-state index is -0.0730. The number of likely N-dealkylation sites (N-methyl/N-ethyl adjacent to an activating group) is 1. The minimum absolute atomic E-state index is 0.0730. The van der Waals surface area contributed by atoms with Gasteiger partial charge in [-0.05, 0) is 19.9 Å². The number of ether oxygens (including phenoxy) is 1. The number of morpholine rings is 1. The molecule has 1 N–H and O–H groups in total. The molecule has 0 spiro atoms. The summed E-state index contributed by atoms with van der Waals surface area (Å²) < 4.78 is 5.73. The molecule has 2 aliphatic rings. The summed E-state index contributed by atoms with van der Waals surface area (Å²) in [4.78, 5) is 4.74. The van der Waals surface area contributed by atoms with E-state index < -0.39 is 0 Å². The lowest BCUT2D eigenvalue weighted by molar-refractivity contribution is -0.0428. The molecule has 4 nitrogen and oxygen atoms in total. The van der Waals surface area contributed by atoms with Crippen LogP contribution in [0.25, 0.3) is 0 Å². The molecular formula is C11H22N2O2. The molecule has 2 aliphatic heterocycles. The number of hydrogen-bond acceptors (Lipinski definition) is 4. The van der Waals surface area contributed by atoms with E-state index in [2.05, 4.69) is 16.8 Å². The summed E-state index contributed by atoms with van der Waals surface area (Å²) in [5, 5.41) is 9.41. The van der Waals surface area contributed by atoms with Crippen molar-refractivity contribution in [3.8, 4) is 0 Å². The molecule has 1 atom stereocenters. The van der Waals surface area contributed by atoms with Gasteiger partial charge in [-0.15, -0.1) is 0 Å². The van der Waals surface area contributed by atoms with Gasteiger partial charge in [-0.25, -0.2) is 0 Å². The highest BCUT2D eigenvalue weighted by Gasteiger charge is 2.23. The van der Waals surface area contributed by atoms with Crippen molar-refractivity contribution in [2.75, 3.05) is 46.4 Å². The molecule has 0 radical (unpaired) electrons. The standard InChI is InChI=1S/C11H22N2O2/c1-12-6-7-15-11(8-12)9-13-4-2-10(14)3-5-13/h10-11,14H,2-9H2,1H3. The number of aliphatic hydroxyl groups is 1. The maximum Gasteiger partial charge on any atom is 0.0829 e. The van der Waals surface area contributed by atoms with Crippen LogP contribution >= 0.6 is 0 Å².